The molecule has 1 aromatic rings. The largest absolute Gasteiger partial charge is 0.314 e. The first kappa shape index (κ1) is 11.3. The van der Waals surface area contributed by atoms with Gasteiger partial charge in [0.1, 0.15) is 0 Å². The number of fused-ring (bicyclic) bond motifs is 1. The molecule has 78 valence electrons. The normalized spacial score (nSPS) is 18.9. The molecule has 0 saturated carbocycles. The molecule has 1 aliphatic rings. The Hall–Kier alpha value is -0.800. The Labute approximate surface area is 89.5 Å². The number of aromatic nitrogens is 1. The van der Waals surface area contributed by atoms with Crippen molar-refractivity contribution < 1.29 is 0 Å². The van der Waals surface area contributed by atoms with Crippen molar-refractivity contribution in [2.24, 2.45) is 7.05 Å². The first-order valence-corrected chi connectivity index (χ1v) is 4.54. The Morgan fingerprint density at radius 2 is 2.21 bits per heavy atom. The van der Waals surface area contributed by atoms with E-state index in [4.69, 9.17) is 0 Å². The maximum absolute atomic E-state index is 11.4. The van der Waals surface area contributed by atoms with E-state index in [0.717, 1.165) is 17.8 Å². The molecule has 1 N–H and O–H groups in total. The van der Waals surface area contributed by atoms with Gasteiger partial charge in [0.2, 0.25) is 0 Å². The van der Waals surface area contributed by atoms with Crippen LogP contribution in [-0.4, -0.2) is 4.57 Å². The number of halogens is 1. The molecule has 1 aromatic heterocycles. The monoisotopic (exact) mass is 214 g/mol. The van der Waals surface area contributed by atoms with Crippen LogP contribution >= 0.6 is 12.4 Å². The second-order valence-corrected chi connectivity index (χ2v) is 3.69. The molecular weight excluding hydrogens is 200 g/mol. The van der Waals surface area contributed by atoms with Crippen molar-refractivity contribution in [2.75, 3.05) is 0 Å². The maximum atomic E-state index is 11.4. The van der Waals surface area contributed by atoms with Crippen molar-refractivity contribution in [3.8, 4) is 0 Å². The Morgan fingerprint density at radius 1 is 1.57 bits per heavy atom. The molecule has 2 rings (SSSR count). The van der Waals surface area contributed by atoms with E-state index in [2.05, 4.69) is 12.2 Å². The van der Waals surface area contributed by atoms with E-state index >= 15 is 0 Å². The van der Waals surface area contributed by atoms with Gasteiger partial charge in [-0.15, -0.1) is 12.4 Å². The van der Waals surface area contributed by atoms with E-state index in [1.165, 1.54) is 5.56 Å². The second-order valence-electron chi connectivity index (χ2n) is 3.69. The molecular formula is C10H15ClN2O. The molecule has 2 heterocycles. The lowest BCUT2D eigenvalue weighted by molar-refractivity contribution is 0.625. The molecule has 4 heteroatoms. The summed E-state index contributed by atoms with van der Waals surface area (Å²) in [7, 11) is 1.83. The molecule has 0 fully saturated rings. The summed E-state index contributed by atoms with van der Waals surface area (Å²) in [6, 6.07) is 2.09. The van der Waals surface area contributed by atoms with E-state index in [-0.39, 0.29) is 18.0 Å². The van der Waals surface area contributed by atoms with Crippen molar-refractivity contribution in [1.82, 2.24) is 9.88 Å². The minimum absolute atomic E-state index is 0. The lowest BCUT2D eigenvalue weighted by Crippen LogP contribution is -2.20. The van der Waals surface area contributed by atoms with Gasteiger partial charge in [0, 0.05) is 31.4 Å². The Balaban J connectivity index is 0.000000980. The summed E-state index contributed by atoms with van der Waals surface area (Å²) in [5, 5.41) is 3.33. The highest BCUT2D eigenvalue weighted by Gasteiger charge is 2.22. The Bertz CT molecular complexity index is 411. The zero-order valence-corrected chi connectivity index (χ0v) is 9.44. The molecule has 14 heavy (non-hydrogen) atoms. The van der Waals surface area contributed by atoms with E-state index < -0.39 is 0 Å². The van der Waals surface area contributed by atoms with Gasteiger partial charge in [0.05, 0.1) is 0 Å². The predicted octanol–water partition coefficient (Wildman–Crippen LogP) is 1.28. The molecule has 0 saturated heterocycles. The van der Waals surface area contributed by atoms with Gasteiger partial charge in [-0.2, -0.15) is 0 Å². The SMILES string of the molecule is Cc1cc(=O)n(C)c2c1[C@H](C)NC2.Cl. The van der Waals surface area contributed by atoms with Crippen molar-refractivity contribution in [3.63, 3.8) is 0 Å². The summed E-state index contributed by atoms with van der Waals surface area (Å²) < 4.78 is 1.73. The summed E-state index contributed by atoms with van der Waals surface area (Å²) >= 11 is 0. The number of hydrogen-bond donors (Lipinski definition) is 1. The van der Waals surface area contributed by atoms with Crippen LogP contribution in [0.3, 0.4) is 0 Å². The van der Waals surface area contributed by atoms with Gasteiger partial charge in [-0.3, -0.25) is 4.79 Å². The topological polar surface area (TPSA) is 34.0 Å². The van der Waals surface area contributed by atoms with Gasteiger partial charge < -0.3 is 9.88 Å². The van der Waals surface area contributed by atoms with Crippen LogP contribution in [0.15, 0.2) is 10.9 Å². The molecule has 0 spiro atoms. The number of nitrogens with one attached hydrogen (secondary N) is 1. The summed E-state index contributed by atoms with van der Waals surface area (Å²) in [5.74, 6) is 0. The third-order valence-electron chi connectivity index (χ3n) is 2.82. The predicted molar refractivity (Wildman–Crippen MR) is 58.9 cm³/mol. The summed E-state index contributed by atoms with van der Waals surface area (Å²) in [6.45, 7) is 4.94. The fraction of sp³-hybridized carbons (Fsp3) is 0.500. The molecule has 1 aliphatic heterocycles. The third kappa shape index (κ3) is 1.47. The highest BCUT2D eigenvalue weighted by Crippen LogP contribution is 2.25. The molecule has 0 radical (unpaired) electrons. The van der Waals surface area contributed by atoms with Gasteiger partial charge in [0.15, 0.2) is 0 Å². The first-order chi connectivity index (χ1) is 6.11. The fourth-order valence-electron chi connectivity index (χ4n) is 2.06. The molecule has 0 aromatic carbocycles. The smallest absolute Gasteiger partial charge is 0.250 e. The van der Waals surface area contributed by atoms with Crippen LogP contribution < -0.4 is 10.9 Å². The van der Waals surface area contributed by atoms with Gasteiger partial charge in [0.25, 0.3) is 5.56 Å². The Morgan fingerprint density at radius 3 is 2.86 bits per heavy atom. The van der Waals surface area contributed by atoms with Crippen molar-refractivity contribution in [2.45, 2.75) is 26.4 Å². The van der Waals surface area contributed by atoms with Crippen LogP contribution in [0.25, 0.3) is 0 Å². The van der Waals surface area contributed by atoms with E-state index in [0.29, 0.717) is 6.04 Å². The number of nitrogens with zero attached hydrogens (tertiary/aromatic N) is 1. The lowest BCUT2D eigenvalue weighted by Gasteiger charge is -2.10. The number of aryl methyl sites for hydroxylation is 1. The lowest BCUT2D eigenvalue weighted by atomic mass is 10.0. The average molecular weight is 215 g/mol. The van der Waals surface area contributed by atoms with Crippen LogP contribution in [0, 0.1) is 6.92 Å². The van der Waals surface area contributed by atoms with Gasteiger partial charge in [-0.05, 0) is 25.0 Å². The van der Waals surface area contributed by atoms with Crippen molar-refractivity contribution in [1.29, 1.82) is 0 Å². The minimum Gasteiger partial charge on any atom is -0.314 e. The van der Waals surface area contributed by atoms with Crippen LogP contribution in [0.4, 0.5) is 0 Å². The molecule has 0 unspecified atom stereocenters. The highest BCUT2D eigenvalue weighted by molar-refractivity contribution is 5.85. The fourth-order valence-corrected chi connectivity index (χ4v) is 2.06. The number of rotatable bonds is 0. The summed E-state index contributed by atoms with van der Waals surface area (Å²) in [5.41, 5.74) is 3.63. The minimum atomic E-state index is 0. The second kappa shape index (κ2) is 3.75. The van der Waals surface area contributed by atoms with Crippen LogP contribution in [-0.2, 0) is 13.6 Å². The zero-order chi connectivity index (χ0) is 9.59. The van der Waals surface area contributed by atoms with E-state index in [9.17, 15) is 4.79 Å². The standard InChI is InChI=1S/C10H14N2O.ClH/c1-6-4-9(13)12(3)8-5-11-7(2)10(6)8;/h4,7,11H,5H2,1-3H3;1H/t7-;/m0./s1. The summed E-state index contributed by atoms with van der Waals surface area (Å²) in [6.07, 6.45) is 0. The molecule has 1 atom stereocenters. The van der Waals surface area contributed by atoms with E-state index in [1.807, 2.05) is 14.0 Å². The zero-order valence-electron chi connectivity index (χ0n) is 8.63. The summed E-state index contributed by atoms with van der Waals surface area (Å²) in [4.78, 5) is 11.4. The van der Waals surface area contributed by atoms with E-state index in [1.54, 1.807) is 10.6 Å². The van der Waals surface area contributed by atoms with Crippen LogP contribution in [0.1, 0.15) is 29.8 Å². The van der Waals surface area contributed by atoms with Gasteiger partial charge >= 0.3 is 0 Å². The molecule has 0 bridgehead atoms. The van der Waals surface area contributed by atoms with Crippen LogP contribution in [0.5, 0.6) is 0 Å². The quantitative estimate of drug-likeness (QED) is 0.706. The van der Waals surface area contributed by atoms with Crippen molar-refractivity contribution in [3.05, 3.63) is 33.2 Å². The average Bonchev–Trinajstić information content (AvgIpc) is 2.44. The van der Waals surface area contributed by atoms with Gasteiger partial charge in [-0.1, -0.05) is 0 Å². The van der Waals surface area contributed by atoms with Crippen molar-refractivity contribution >= 4 is 12.4 Å². The Kier molecular flexibility index (Phi) is 3.02. The first-order valence-electron chi connectivity index (χ1n) is 4.54. The third-order valence-corrected chi connectivity index (χ3v) is 2.82. The van der Waals surface area contributed by atoms with Gasteiger partial charge in [-0.25, -0.2) is 0 Å². The maximum Gasteiger partial charge on any atom is 0.250 e. The molecule has 0 aliphatic carbocycles. The highest BCUT2D eigenvalue weighted by atomic mass is 35.5. The van der Waals surface area contributed by atoms with Crippen LogP contribution in [0.2, 0.25) is 0 Å². The number of hydrogen-bond acceptors (Lipinski definition) is 2. The molecule has 3 nitrogen and oxygen atoms in total. The molecule has 0 amide bonds. The number of pyridine rings is 1.